The van der Waals surface area contributed by atoms with Crippen molar-refractivity contribution < 1.29 is 4.79 Å². The van der Waals surface area contributed by atoms with E-state index in [9.17, 15) is 4.79 Å². The highest BCUT2D eigenvalue weighted by atomic mass is 16.2. The summed E-state index contributed by atoms with van der Waals surface area (Å²) in [7, 11) is 0. The predicted molar refractivity (Wildman–Crippen MR) is 97.3 cm³/mol. The summed E-state index contributed by atoms with van der Waals surface area (Å²) in [5.41, 5.74) is 1.33. The van der Waals surface area contributed by atoms with Crippen molar-refractivity contribution in [2.24, 2.45) is 0 Å². The molecule has 0 spiro atoms. The molecule has 1 atom stereocenters. The van der Waals surface area contributed by atoms with Gasteiger partial charge in [-0.3, -0.25) is 9.48 Å². The van der Waals surface area contributed by atoms with E-state index < -0.39 is 6.04 Å². The van der Waals surface area contributed by atoms with Crippen molar-refractivity contribution >= 4 is 11.7 Å². The molecule has 7 heteroatoms. The van der Waals surface area contributed by atoms with Gasteiger partial charge in [-0.1, -0.05) is 30.3 Å². The molecule has 2 N–H and O–H groups in total. The minimum Gasteiger partial charge on any atom is -0.367 e. The van der Waals surface area contributed by atoms with Crippen molar-refractivity contribution in [2.75, 3.05) is 18.4 Å². The van der Waals surface area contributed by atoms with E-state index in [1.807, 2.05) is 30.3 Å². The maximum absolute atomic E-state index is 12.7. The van der Waals surface area contributed by atoms with Crippen molar-refractivity contribution in [2.45, 2.75) is 6.04 Å². The van der Waals surface area contributed by atoms with E-state index in [4.69, 9.17) is 5.26 Å². The Kier molecular flexibility index (Phi) is 5.58. The molecule has 0 unspecified atom stereocenters. The lowest BCUT2D eigenvalue weighted by Crippen LogP contribution is -2.36. The summed E-state index contributed by atoms with van der Waals surface area (Å²) in [6, 6.07) is 16.2. The first kappa shape index (κ1) is 17.2. The number of hydrogen-bond donors (Lipinski definition) is 2. The Bertz CT molecular complexity index is 886. The van der Waals surface area contributed by atoms with Gasteiger partial charge in [0.25, 0.3) is 0 Å². The highest BCUT2D eigenvalue weighted by molar-refractivity contribution is 5.83. The van der Waals surface area contributed by atoms with Gasteiger partial charge < -0.3 is 10.6 Å². The van der Waals surface area contributed by atoms with Crippen molar-refractivity contribution in [3.63, 3.8) is 0 Å². The average molecular weight is 346 g/mol. The molecule has 0 bridgehead atoms. The lowest BCUT2D eigenvalue weighted by Gasteiger charge is -2.18. The normalized spacial score (nSPS) is 11.3. The van der Waals surface area contributed by atoms with Gasteiger partial charge in [-0.15, -0.1) is 0 Å². The molecule has 1 amide bonds. The first-order chi connectivity index (χ1) is 12.8. The number of benzene rings is 1. The highest BCUT2D eigenvalue weighted by Gasteiger charge is 2.22. The second-order valence-corrected chi connectivity index (χ2v) is 5.53. The topological polar surface area (TPSA) is 95.6 Å². The zero-order valence-corrected chi connectivity index (χ0v) is 14.0. The van der Waals surface area contributed by atoms with Crippen LogP contribution in [0.25, 0.3) is 0 Å². The summed E-state index contributed by atoms with van der Waals surface area (Å²) in [5, 5.41) is 19.2. The van der Waals surface area contributed by atoms with Crippen molar-refractivity contribution in [1.82, 2.24) is 20.1 Å². The van der Waals surface area contributed by atoms with Gasteiger partial charge in [0.15, 0.2) is 6.04 Å². The summed E-state index contributed by atoms with van der Waals surface area (Å²) in [4.78, 5) is 16.8. The van der Waals surface area contributed by atoms with Crippen molar-refractivity contribution in [3.8, 4) is 6.07 Å². The molecule has 2 heterocycles. The lowest BCUT2D eigenvalue weighted by atomic mass is 10.1. The molecular weight excluding hydrogens is 328 g/mol. The van der Waals surface area contributed by atoms with E-state index in [1.165, 1.54) is 0 Å². The summed E-state index contributed by atoms with van der Waals surface area (Å²) in [5.74, 6) is 0.360. The molecule has 0 aliphatic rings. The van der Waals surface area contributed by atoms with Gasteiger partial charge in [-0.2, -0.15) is 10.4 Å². The first-order valence-electron chi connectivity index (χ1n) is 8.20. The van der Waals surface area contributed by atoms with Crippen LogP contribution in [0.3, 0.4) is 0 Å². The SMILES string of the molecule is N#Cc1cccnc1NCCNC(=O)[C@H](c1ccccc1)n1cccn1. The summed E-state index contributed by atoms with van der Waals surface area (Å²) >= 11 is 0. The van der Waals surface area contributed by atoms with Crippen LogP contribution >= 0.6 is 0 Å². The van der Waals surface area contributed by atoms with Crippen LogP contribution in [0.4, 0.5) is 5.82 Å². The zero-order valence-electron chi connectivity index (χ0n) is 14.0. The number of hydrogen-bond acceptors (Lipinski definition) is 5. The van der Waals surface area contributed by atoms with Crippen LogP contribution in [0.2, 0.25) is 0 Å². The molecule has 0 aliphatic heterocycles. The van der Waals surface area contributed by atoms with E-state index in [0.717, 1.165) is 5.56 Å². The molecular formula is C19H18N6O. The first-order valence-corrected chi connectivity index (χ1v) is 8.20. The van der Waals surface area contributed by atoms with Crippen molar-refractivity contribution in [3.05, 3.63) is 78.2 Å². The second kappa shape index (κ2) is 8.44. The molecule has 3 rings (SSSR count). The molecule has 26 heavy (non-hydrogen) atoms. The average Bonchev–Trinajstić information content (AvgIpc) is 3.21. The Labute approximate surface area is 151 Å². The number of carbonyl (C=O) groups excluding carboxylic acids is 1. The number of pyridine rings is 1. The fourth-order valence-corrected chi connectivity index (χ4v) is 2.59. The lowest BCUT2D eigenvalue weighted by molar-refractivity contribution is -0.123. The third-order valence-electron chi connectivity index (χ3n) is 3.80. The number of aromatic nitrogens is 3. The van der Waals surface area contributed by atoms with E-state index in [-0.39, 0.29) is 5.91 Å². The number of anilines is 1. The number of amides is 1. The highest BCUT2D eigenvalue weighted by Crippen LogP contribution is 2.17. The fourth-order valence-electron chi connectivity index (χ4n) is 2.59. The van der Waals surface area contributed by atoms with E-state index >= 15 is 0 Å². The van der Waals surface area contributed by atoms with E-state index in [2.05, 4.69) is 26.8 Å². The van der Waals surface area contributed by atoms with E-state index in [1.54, 1.807) is 41.5 Å². The Hall–Kier alpha value is -3.66. The fraction of sp³-hybridized carbons (Fsp3) is 0.158. The third-order valence-corrected chi connectivity index (χ3v) is 3.80. The molecule has 0 radical (unpaired) electrons. The van der Waals surface area contributed by atoms with Crippen LogP contribution in [0.15, 0.2) is 67.1 Å². The molecule has 0 saturated heterocycles. The molecule has 2 aromatic heterocycles. The molecule has 0 fully saturated rings. The Morgan fingerprint density at radius 2 is 1.96 bits per heavy atom. The molecule has 130 valence electrons. The van der Waals surface area contributed by atoms with Crippen LogP contribution < -0.4 is 10.6 Å². The maximum Gasteiger partial charge on any atom is 0.249 e. The largest absolute Gasteiger partial charge is 0.367 e. The van der Waals surface area contributed by atoms with Crippen LogP contribution in [-0.4, -0.2) is 33.8 Å². The Morgan fingerprint density at radius 3 is 2.69 bits per heavy atom. The Balaban J connectivity index is 1.61. The molecule has 1 aromatic carbocycles. The monoisotopic (exact) mass is 346 g/mol. The van der Waals surface area contributed by atoms with Gasteiger partial charge in [-0.25, -0.2) is 4.98 Å². The molecule has 0 aliphatic carbocycles. The second-order valence-electron chi connectivity index (χ2n) is 5.53. The van der Waals surface area contributed by atoms with Gasteiger partial charge in [0.2, 0.25) is 5.91 Å². The molecule has 3 aromatic rings. The maximum atomic E-state index is 12.7. The minimum absolute atomic E-state index is 0.150. The summed E-state index contributed by atoms with van der Waals surface area (Å²) < 4.78 is 1.63. The molecule has 0 saturated carbocycles. The minimum atomic E-state index is -0.532. The number of nitrogens with one attached hydrogen (secondary N) is 2. The predicted octanol–water partition coefficient (Wildman–Crippen LogP) is 1.97. The van der Waals surface area contributed by atoms with Gasteiger partial charge in [-0.05, 0) is 23.8 Å². The van der Waals surface area contributed by atoms with Gasteiger partial charge in [0.1, 0.15) is 11.9 Å². The van der Waals surface area contributed by atoms with Gasteiger partial charge >= 0.3 is 0 Å². The van der Waals surface area contributed by atoms with Crippen LogP contribution in [-0.2, 0) is 4.79 Å². The molecule has 7 nitrogen and oxygen atoms in total. The standard InChI is InChI=1S/C19H18N6O/c20-14-16-8-4-9-21-18(16)22-11-12-23-19(26)17(25-13-5-10-24-25)15-6-2-1-3-7-15/h1-10,13,17H,11-12H2,(H,21,22)(H,23,26)/t17-/m0/s1. The van der Waals surface area contributed by atoms with Crippen LogP contribution in [0.1, 0.15) is 17.2 Å². The van der Waals surface area contributed by atoms with Gasteiger partial charge in [0, 0.05) is 31.7 Å². The number of nitriles is 1. The third kappa shape index (κ3) is 4.05. The van der Waals surface area contributed by atoms with Crippen LogP contribution in [0, 0.1) is 11.3 Å². The number of rotatable bonds is 7. The van der Waals surface area contributed by atoms with Gasteiger partial charge in [0.05, 0.1) is 5.56 Å². The zero-order chi connectivity index (χ0) is 18.2. The number of nitrogens with zero attached hydrogens (tertiary/aromatic N) is 4. The smallest absolute Gasteiger partial charge is 0.249 e. The van der Waals surface area contributed by atoms with Crippen molar-refractivity contribution in [1.29, 1.82) is 5.26 Å². The summed E-state index contributed by atoms with van der Waals surface area (Å²) in [6.45, 7) is 0.850. The summed E-state index contributed by atoms with van der Waals surface area (Å²) in [6.07, 6.45) is 5.03. The quantitative estimate of drug-likeness (QED) is 0.638. The Morgan fingerprint density at radius 1 is 1.12 bits per heavy atom. The number of carbonyl (C=O) groups is 1. The van der Waals surface area contributed by atoms with Crippen LogP contribution in [0.5, 0.6) is 0 Å². The van der Waals surface area contributed by atoms with E-state index in [0.29, 0.717) is 24.5 Å².